The maximum atomic E-state index is 11.5. The van der Waals surface area contributed by atoms with Crippen LogP contribution in [0.2, 0.25) is 0 Å². The summed E-state index contributed by atoms with van der Waals surface area (Å²) in [7, 11) is 0. The molecular formula is C13H14N2O2S. The molecule has 0 radical (unpaired) electrons. The first-order chi connectivity index (χ1) is 8.78. The van der Waals surface area contributed by atoms with E-state index in [0.717, 1.165) is 10.4 Å². The molecule has 1 amide bonds. The van der Waals surface area contributed by atoms with Crippen molar-refractivity contribution in [3.05, 3.63) is 52.2 Å². The van der Waals surface area contributed by atoms with Gasteiger partial charge in [-0.25, -0.2) is 4.79 Å². The Morgan fingerprint density at radius 3 is 2.67 bits per heavy atom. The molecule has 2 rings (SSSR count). The number of ether oxygens (including phenoxy) is 1. The Kier molecular flexibility index (Phi) is 4.33. The van der Waals surface area contributed by atoms with Crippen molar-refractivity contribution in [3.8, 4) is 0 Å². The molecule has 0 aliphatic heterocycles. The fourth-order valence-electron chi connectivity index (χ4n) is 1.41. The van der Waals surface area contributed by atoms with Gasteiger partial charge in [0.2, 0.25) is 0 Å². The van der Waals surface area contributed by atoms with Gasteiger partial charge in [0.1, 0.15) is 6.61 Å². The molecule has 1 aromatic carbocycles. The maximum absolute atomic E-state index is 11.5. The predicted molar refractivity (Wildman–Crippen MR) is 72.5 cm³/mol. The molecule has 2 aromatic rings. The van der Waals surface area contributed by atoms with E-state index in [0.29, 0.717) is 18.8 Å². The number of carbonyl (C=O) groups is 1. The van der Waals surface area contributed by atoms with E-state index in [2.05, 4.69) is 5.32 Å². The van der Waals surface area contributed by atoms with Gasteiger partial charge in [0, 0.05) is 17.1 Å². The second-order valence-corrected chi connectivity index (χ2v) is 4.71. The molecule has 0 bridgehead atoms. The van der Waals surface area contributed by atoms with Crippen LogP contribution in [0.25, 0.3) is 0 Å². The zero-order valence-electron chi connectivity index (χ0n) is 9.76. The van der Waals surface area contributed by atoms with Crippen LogP contribution in [0.3, 0.4) is 0 Å². The van der Waals surface area contributed by atoms with Gasteiger partial charge in [-0.1, -0.05) is 18.2 Å². The molecule has 0 atom stereocenters. The highest BCUT2D eigenvalue weighted by Crippen LogP contribution is 2.12. The summed E-state index contributed by atoms with van der Waals surface area (Å²) in [6.45, 7) is 0.785. The van der Waals surface area contributed by atoms with Crippen LogP contribution < -0.4 is 11.1 Å². The lowest BCUT2D eigenvalue weighted by atomic mass is 10.2. The molecule has 0 aliphatic carbocycles. The zero-order chi connectivity index (χ0) is 12.8. The van der Waals surface area contributed by atoms with Crippen LogP contribution in [0.5, 0.6) is 0 Å². The molecule has 0 spiro atoms. The summed E-state index contributed by atoms with van der Waals surface area (Å²) in [6.07, 6.45) is -0.455. The summed E-state index contributed by atoms with van der Waals surface area (Å²) in [5, 5.41) is 4.60. The Balaban J connectivity index is 1.83. The van der Waals surface area contributed by atoms with Crippen molar-refractivity contribution < 1.29 is 9.53 Å². The predicted octanol–water partition coefficient (Wildman–Crippen LogP) is 2.96. The molecule has 3 N–H and O–H groups in total. The smallest absolute Gasteiger partial charge is 0.411 e. The van der Waals surface area contributed by atoms with Gasteiger partial charge in [-0.3, -0.25) is 5.32 Å². The Morgan fingerprint density at radius 1 is 1.28 bits per heavy atom. The second-order valence-electron chi connectivity index (χ2n) is 3.68. The van der Waals surface area contributed by atoms with Crippen molar-refractivity contribution in [2.24, 2.45) is 5.73 Å². The summed E-state index contributed by atoms with van der Waals surface area (Å²) in [4.78, 5) is 12.5. The number of anilines is 1. The molecule has 1 heterocycles. The van der Waals surface area contributed by atoms with Crippen molar-refractivity contribution >= 4 is 23.1 Å². The lowest BCUT2D eigenvalue weighted by Crippen LogP contribution is -2.13. The third-order valence-electron chi connectivity index (χ3n) is 2.36. The number of hydrogen-bond acceptors (Lipinski definition) is 4. The number of nitrogens with one attached hydrogen (secondary N) is 1. The number of nitrogens with two attached hydrogens (primary N) is 1. The fourth-order valence-corrected chi connectivity index (χ4v) is 2.03. The number of thiophene rings is 1. The molecular weight excluding hydrogens is 248 g/mol. The average molecular weight is 262 g/mol. The van der Waals surface area contributed by atoms with Crippen LogP contribution in [-0.4, -0.2) is 6.09 Å². The summed E-state index contributed by atoms with van der Waals surface area (Å²) >= 11 is 1.56. The molecule has 5 heteroatoms. The summed E-state index contributed by atoms with van der Waals surface area (Å²) < 4.78 is 5.08. The topological polar surface area (TPSA) is 64.3 Å². The van der Waals surface area contributed by atoms with Crippen molar-refractivity contribution in [1.82, 2.24) is 0 Å². The maximum Gasteiger partial charge on any atom is 0.411 e. The molecule has 1 aromatic heterocycles. The van der Waals surface area contributed by atoms with E-state index in [-0.39, 0.29) is 0 Å². The summed E-state index contributed by atoms with van der Waals surface area (Å²) in [5.41, 5.74) is 7.21. The lowest BCUT2D eigenvalue weighted by molar-refractivity contribution is 0.156. The summed E-state index contributed by atoms with van der Waals surface area (Å²) in [6, 6.07) is 11.2. The van der Waals surface area contributed by atoms with Crippen LogP contribution in [-0.2, 0) is 17.9 Å². The lowest BCUT2D eigenvalue weighted by Gasteiger charge is -2.06. The van der Waals surface area contributed by atoms with Crippen LogP contribution >= 0.6 is 11.3 Å². The van der Waals surface area contributed by atoms with E-state index >= 15 is 0 Å². The number of amides is 1. The standard InChI is InChI=1S/C13H14N2O2S/c14-8-10-3-5-11(6-4-10)15-13(16)17-9-12-2-1-7-18-12/h1-7H,8-9,14H2,(H,15,16). The highest BCUT2D eigenvalue weighted by Gasteiger charge is 2.04. The van der Waals surface area contributed by atoms with Gasteiger partial charge in [0.25, 0.3) is 0 Å². The molecule has 4 nitrogen and oxygen atoms in total. The molecule has 0 unspecified atom stereocenters. The van der Waals surface area contributed by atoms with Crippen LogP contribution in [0, 0.1) is 0 Å². The van der Waals surface area contributed by atoms with Crippen molar-refractivity contribution in [2.45, 2.75) is 13.2 Å². The highest BCUT2D eigenvalue weighted by atomic mass is 32.1. The third-order valence-corrected chi connectivity index (χ3v) is 3.21. The Morgan fingerprint density at radius 2 is 2.06 bits per heavy atom. The largest absolute Gasteiger partial charge is 0.444 e. The minimum absolute atomic E-state index is 0.296. The molecule has 0 fully saturated rings. The highest BCUT2D eigenvalue weighted by molar-refractivity contribution is 7.09. The number of rotatable bonds is 4. The molecule has 0 saturated heterocycles. The molecule has 94 valence electrons. The minimum atomic E-state index is -0.455. The zero-order valence-corrected chi connectivity index (χ0v) is 10.6. The second kappa shape index (κ2) is 6.18. The number of carbonyl (C=O) groups excluding carboxylic acids is 1. The number of hydrogen-bond donors (Lipinski definition) is 2. The van der Waals surface area contributed by atoms with E-state index in [1.807, 2.05) is 29.6 Å². The molecule has 0 aliphatic rings. The van der Waals surface area contributed by atoms with Gasteiger partial charge in [-0.05, 0) is 29.1 Å². The SMILES string of the molecule is NCc1ccc(NC(=O)OCc2cccs2)cc1. The van der Waals surface area contributed by atoms with Crippen molar-refractivity contribution in [1.29, 1.82) is 0 Å². The van der Waals surface area contributed by atoms with Gasteiger partial charge >= 0.3 is 6.09 Å². The van der Waals surface area contributed by atoms with Gasteiger partial charge in [-0.15, -0.1) is 11.3 Å². The van der Waals surface area contributed by atoms with Gasteiger partial charge in [0.15, 0.2) is 0 Å². The van der Waals surface area contributed by atoms with Crippen LogP contribution in [0.4, 0.5) is 10.5 Å². The quantitative estimate of drug-likeness (QED) is 0.890. The first kappa shape index (κ1) is 12.6. The van der Waals surface area contributed by atoms with Crippen LogP contribution in [0.15, 0.2) is 41.8 Å². The van der Waals surface area contributed by atoms with E-state index in [1.165, 1.54) is 0 Å². The van der Waals surface area contributed by atoms with Gasteiger partial charge in [-0.2, -0.15) is 0 Å². The van der Waals surface area contributed by atoms with E-state index in [4.69, 9.17) is 10.5 Å². The number of benzene rings is 1. The Labute approximate surface area is 109 Å². The van der Waals surface area contributed by atoms with Gasteiger partial charge < -0.3 is 10.5 Å². The molecule has 18 heavy (non-hydrogen) atoms. The van der Waals surface area contributed by atoms with Crippen molar-refractivity contribution in [3.63, 3.8) is 0 Å². The van der Waals surface area contributed by atoms with E-state index < -0.39 is 6.09 Å². The van der Waals surface area contributed by atoms with Crippen LogP contribution in [0.1, 0.15) is 10.4 Å². The minimum Gasteiger partial charge on any atom is -0.444 e. The summed E-state index contributed by atoms with van der Waals surface area (Å²) in [5.74, 6) is 0. The Hall–Kier alpha value is -1.85. The average Bonchev–Trinajstić information content (AvgIpc) is 2.90. The van der Waals surface area contributed by atoms with Crippen molar-refractivity contribution in [2.75, 3.05) is 5.32 Å². The monoisotopic (exact) mass is 262 g/mol. The fraction of sp³-hybridized carbons (Fsp3) is 0.154. The first-order valence-electron chi connectivity index (χ1n) is 5.53. The van der Waals surface area contributed by atoms with Gasteiger partial charge in [0.05, 0.1) is 0 Å². The molecule has 0 saturated carbocycles. The van der Waals surface area contributed by atoms with E-state index in [9.17, 15) is 4.79 Å². The van der Waals surface area contributed by atoms with E-state index in [1.54, 1.807) is 23.5 Å². The normalized spacial score (nSPS) is 10.1. The third kappa shape index (κ3) is 3.58. The first-order valence-corrected chi connectivity index (χ1v) is 6.41. The Bertz CT molecular complexity index is 494.